The molecule has 1 aliphatic rings. The zero-order chi connectivity index (χ0) is 20.4. The molecular weight excluding hydrogens is 364 g/mol. The molecule has 0 saturated heterocycles. The Hall–Kier alpha value is -1.60. The fourth-order valence-corrected chi connectivity index (χ4v) is 4.88. The van der Waals surface area contributed by atoms with Crippen LogP contribution in [0.2, 0.25) is 0 Å². The van der Waals surface area contributed by atoms with E-state index in [-0.39, 0.29) is 28.0 Å². The Labute approximate surface area is 163 Å². The standard InChI is InChI=1S/C20H32N2O4S/c1-20(2,3)15-9-7-8-10-16(15)21-19(23)14-11-12-17(26-6)18(13-14)27(24,25)22(4)5/h11-13,15-16H,7-10H2,1-6H3,(H,21,23). The lowest BCUT2D eigenvalue weighted by Crippen LogP contribution is -2.46. The Balaban J connectivity index is 2.31. The van der Waals surface area contributed by atoms with Crippen LogP contribution >= 0.6 is 0 Å². The van der Waals surface area contributed by atoms with Crippen molar-refractivity contribution in [2.24, 2.45) is 11.3 Å². The molecule has 2 atom stereocenters. The molecule has 6 nitrogen and oxygen atoms in total. The second-order valence-electron chi connectivity index (χ2n) is 8.49. The van der Waals surface area contributed by atoms with Gasteiger partial charge in [0.25, 0.3) is 5.91 Å². The monoisotopic (exact) mass is 396 g/mol. The van der Waals surface area contributed by atoms with E-state index in [1.54, 1.807) is 6.07 Å². The highest BCUT2D eigenvalue weighted by molar-refractivity contribution is 7.89. The number of nitrogens with one attached hydrogen (secondary N) is 1. The SMILES string of the molecule is COc1ccc(C(=O)NC2CCCCC2C(C)(C)C)cc1S(=O)(=O)N(C)C. The van der Waals surface area contributed by atoms with Crippen LogP contribution in [0.3, 0.4) is 0 Å². The molecule has 2 rings (SSSR count). The van der Waals surface area contributed by atoms with Crippen LogP contribution < -0.4 is 10.1 Å². The van der Waals surface area contributed by atoms with E-state index in [0.717, 1.165) is 23.6 Å². The van der Waals surface area contributed by atoms with Gasteiger partial charge in [0.1, 0.15) is 10.6 Å². The van der Waals surface area contributed by atoms with Gasteiger partial charge in [-0.1, -0.05) is 33.6 Å². The second kappa shape index (κ2) is 8.19. The third-order valence-electron chi connectivity index (χ3n) is 5.38. The molecule has 27 heavy (non-hydrogen) atoms. The molecular formula is C20H32N2O4S. The molecule has 2 unspecified atom stereocenters. The fourth-order valence-electron chi connectivity index (χ4n) is 3.81. The molecule has 0 spiro atoms. The van der Waals surface area contributed by atoms with Crippen LogP contribution in [-0.2, 0) is 10.0 Å². The van der Waals surface area contributed by atoms with Gasteiger partial charge in [0.2, 0.25) is 10.0 Å². The van der Waals surface area contributed by atoms with Crippen molar-refractivity contribution in [3.63, 3.8) is 0 Å². The molecule has 0 aliphatic heterocycles. The Kier molecular flexibility index (Phi) is 6.58. The summed E-state index contributed by atoms with van der Waals surface area (Å²) in [5, 5.41) is 3.15. The van der Waals surface area contributed by atoms with Crippen LogP contribution in [0.15, 0.2) is 23.1 Å². The molecule has 1 aliphatic carbocycles. The van der Waals surface area contributed by atoms with Crippen LogP contribution in [-0.4, -0.2) is 45.9 Å². The largest absolute Gasteiger partial charge is 0.495 e. The second-order valence-corrected chi connectivity index (χ2v) is 10.6. The fraction of sp³-hybridized carbons (Fsp3) is 0.650. The van der Waals surface area contributed by atoms with Crippen LogP contribution in [0, 0.1) is 11.3 Å². The number of hydrogen-bond acceptors (Lipinski definition) is 4. The molecule has 1 fully saturated rings. The Morgan fingerprint density at radius 1 is 1.19 bits per heavy atom. The molecule has 0 heterocycles. The van der Waals surface area contributed by atoms with Gasteiger partial charge in [0.15, 0.2) is 0 Å². The molecule has 1 amide bonds. The van der Waals surface area contributed by atoms with Gasteiger partial charge in [-0.25, -0.2) is 12.7 Å². The topological polar surface area (TPSA) is 75.7 Å². The average Bonchev–Trinajstić information content (AvgIpc) is 2.60. The lowest BCUT2D eigenvalue weighted by molar-refractivity contribution is 0.0830. The quantitative estimate of drug-likeness (QED) is 0.829. The highest BCUT2D eigenvalue weighted by atomic mass is 32.2. The Morgan fingerprint density at radius 3 is 2.37 bits per heavy atom. The molecule has 1 aromatic rings. The number of ether oxygens (including phenoxy) is 1. The molecule has 0 aromatic heterocycles. The van der Waals surface area contributed by atoms with E-state index >= 15 is 0 Å². The number of amides is 1. The van der Waals surface area contributed by atoms with Crippen LogP contribution in [0.4, 0.5) is 0 Å². The maximum Gasteiger partial charge on any atom is 0.251 e. The zero-order valence-corrected chi connectivity index (χ0v) is 18.0. The summed E-state index contributed by atoms with van der Waals surface area (Å²) in [7, 11) is 0.614. The number of sulfonamides is 1. The van der Waals surface area contributed by atoms with Gasteiger partial charge in [0, 0.05) is 25.7 Å². The first-order valence-electron chi connectivity index (χ1n) is 9.40. The van der Waals surface area contributed by atoms with Crippen molar-refractivity contribution in [2.75, 3.05) is 21.2 Å². The summed E-state index contributed by atoms with van der Waals surface area (Å²) in [6, 6.07) is 4.64. The van der Waals surface area contributed by atoms with Crippen molar-refractivity contribution in [2.45, 2.75) is 57.4 Å². The maximum atomic E-state index is 12.9. The highest BCUT2D eigenvalue weighted by Gasteiger charge is 2.35. The van der Waals surface area contributed by atoms with E-state index in [2.05, 4.69) is 26.1 Å². The lowest BCUT2D eigenvalue weighted by Gasteiger charge is -2.40. The average molecular weight is 397 g/mol. The highest BCUT2D eigenvalue weighted by Crippen LogP contribution is 2.38. The normalized spacial score (nSPS) is 21.1. The van der Waals surface area contributed by atoms with Crippen molar-refractivity contribution in [1.29, 1.82) is 0 Å². The van der Waals surface area contributed by atoms with Gasteiger partial charge >= 0.3 is 0 Å². The Bertz CT molecular complexity index is 782. The molecule has 1 N–H and O–H groups in total. The number of nitrogens with zero attached hydrogens (tertiary/aromatic N) is 1. The van der Waals surface area contributed by atoms with Gasteiger partial charge in [0.05, 0.1) is 7.11 Å². The van der Waals surface area contributed by atoms with Gasteiger partial charge in [-0.2, -0.15) is 0 Å². The van der Waals surface area contributed by atoms with Gasteiger partial charge in [-0.05, 0) is 42.4 Å². The summed E-state index contributed by atoms with van der Waals surface area (Å²) >= 11 is 0. The summed E-state index contributed by atoms with van der Waals surface area (Å²) in [6.07, 6.45) is 4.33. The van der Waals surface area contributed by atoms with Crippen molar-refractivity contribution < 1.29 is 17.9 Å². The molecule has 0 bridgehead atoms. The van der Waals surface area contributed by atoms with E-state index in [4.69, 9.17) is 4.74 Å². The molecule has 1 aromatic carbocycles. The first kappa shape index (κ1) is 21.7. The summed E-state index contributed by atoms with van der Waals surface area (Å²) < 4.78 is 31.5. The minimum atomic E-state index is -3.71. The predicted molar refractivity (Wildman–Crippen MR) is 107 cm³/mol. The third kappa shape index (κ3) is 4.82. The summed E-state index contributed by atoms with van der Waals surface area (Å²) in [5.41, 5.74) is 0.437. The number of carbonyl (C=O) groups is 1. The summed E-state index contributed by atoms with van der Waals surface area (Å²) in [4.78, 5) is 12.9. The summed E-state index contributed by atoms with van der Waals surface area (Å²) in [5.74, 6) is 0.387. The van der Waals surface area contributed by atoms with Gasteiger partial charge < -0.3 is 10.1 Å². The van der Waals surface area contributed by atoms with Crippen LogP contribution in [0.5, 0.6) is 5.75 Å². The van der Waals surface area contributed by atoms with Crippen molar-refractivity contribution in [3.8, 4) is 5.75 Å². The smallest absolute Gasteiger partial charge is 0.251 e. The molecule has 152 valence electrons. The molecule has 7 heteroatoms. The van der Waals surface area contributed by atoms with E-state index in [0.29, 0.717) is 11.5 Å². The van der Waals surface area contributed by atoms with Gasteiger partial charge in [-0.3, -0.25) is 4.79 Å². The number of rotatable bonds is 5. The Morgan fingerprint density at radius 2 is 1.81 bits per heavy atom. The predicted octanol–water partition coefficient (Wildman–Crippen LogP) is 3.28. The molecule has 1 saturated carbocycles. The van der Waals surface area contributed by atoms with Crippen molar-refractivity contribution in [1.82, 2.24) is 9.62 Å². The third-order valence-corrected chi connectivity index (χ3v) is 7.22. The van der Waals surface area contributed by atoms with E-state index in [1.165, 1.54) is 39.8 Å². The van der Waals surface area contributed by atoms with E-state index < -0.39 is 10.0 Å². The van der Waals surface area contributed by atoms with Crippen molar-refractivity contribution in [3.05, 3.63) is 23.8 Å². The van der Waals surface area contributed by atoms with Crippen molar-refractivity contribution >= 4 is 15.9 Å². The number of benzene rings is 1. The number of carbonyl (C=O) groups excluding carboxylic acids is 1. The minimum absolute atomic E-state index is 0.00124. The lowest BCUT2D eigenvalue weighted by atomic mass is 9.69. The minimum Gasteiger partial charge on any atom is -0.495 e. The van der Waals surface area contributed by atoms with E-state index in [9.17, 15) is 13.2 Å². The number of hydrogen-bond donors (Lipinski definition) is 1. The van der Waals surface area contributed by atoms with Gasteiger partial charge in [-0.15, -0.1) is 0 Å². The first-order valence-corrected chi connectivity index (χ1v) is 10.8. The maximum absolute atomic E-state index is 12.9. The number of methoxy groups -OCH3 is 1. The first-order chi connectivity index (χ1) is 12.5. The van der Waals surface area contributed by atoms with Crippen LogP contribution in [0.1, 0.15) is 56.8 Å². The summed E-state index contributed by atoms with van der Waals surface area (Å²) in [6.45, 7) is 6.62. The van der Waals surface area contributed by atoms with E-state index in [1.807, 2.05) is 0 Å². The molecule has 0 radical (unpaired) electrons. The van der Waals surface area contributed by atoms with Crippen LogP contribution in [0.25, 0.3) is 0 Å². The zero-order valence-electron chi connectivity index (χ0n) is 17.2.